The van der Waals surface area contributed by atoms with Crippen LogP contribution >= 0.6 is 0 Å². The summed E-state index contributed by atoms with van der Waals surface area (Å²) in [5.41, 5.74) is 1.83. The summed E-state index contributed by atoms with van der Waals surface area (Å²) in [5.74, 6) is 0.834. The number of aromatic hydroxyl groups is 1. The second kappa shape index (κ2) is 5.69. The van der Waals surface area contributed by atoms with E-state index in [0.29, 0.717) is 23.2 Å². The Morgan fingerprint density at radius 3 is 2.00 bits per heavy atom. The molecule has 0 fully saturated rings. The average Bonchev–Trinajstić information content (AvgIpc) is 3.04. The predicted molar refractivity (Wildman–Crippen MR) is 81.1 cm³/mol. The van der Waals surface area contributed by atoms with Crippen LogP contribution in [0.5, 0.6) is 5.75 Å². The van der Waals surface area contributed by atoms with Crippen molar-refractivity contribution in [2.45, 2.75) is 0 Å². The lowest BCUT2D eigenvalue weighted by molar-refractivity contribution is 0.103. The number of aldehydes is 1. The lowest BCUT2D eigenvalue weighted by atomic mass is 10.0. The molecule has 0 unspecified atom stereocenters. The third kappa shape index (κ3) is 2.67. The van der Waals surface area contributed by atoms with Gasteiger partial charge in [0.2, 0.25) is 0 Å². The first kappa shape index (κ1) is 13.8. The van der Waals surface area contributed by atoms with E-state index >= 15 is 0 Å². The summed E-state index contributed by atoms with van der Waals surface area (Å²) in [5, 5.41) is 9.25. The molecule has 3 aromatic rings. The molecular weight excluding hydrogens is 280 g/mol. The van der Waals surface area contributed by atoms with Crippen LogP contribution in [0.3, 0.4) is 0 Å². The molecule has 3 rings (SSSR count). The molecule has 0 aliphatic heterocycles. The van der Waals surface area contributed by atoms with Crippen molar-refractivity contribution < 1.29 is 19.1 Å². The second-order valence-corrected chi connectivity index (χ2v) is 4.77. The summed E-state index contributed by atoms with van der Waals surface area (Å²) in [6.07, 6.45) is 0.645. The topological polar surface area (TPSA) is 67.5 Å². The minimum atomic E-state index is -0.125. The van der Waals surface area contributed by atoms with Crippen molar-refractivity contribution in [1.29, 1.82) is 0 Å². The van der Waals surface area contributed by atoms with Gasteiger partial charge in [0.1, 0.15) is 11.5 Å². The van der Waals surface area contributed by atoms with Gasteiger partial charge in [0.15, 0.2) is 17.8 Å². The zero-order chi connectivity index (χ0) is 15.5. The Labute approximate surface area is 126 Å². The maximum atomic E-state index is 12.3. The van der Waals surface area contributed by atoms with Gasteiger partial charge in [-0.1, -0.05) is 24.3 Å². The molecule has 1 N–H and O–H groups in total. The number of hydrogen-bond acceptors (Lipinski definition) is 4. The zero-order valence-corrected chi connectivity index (χ0v) is 11.5. The van der Waals surface area contributed by atoms with Crippen molar-refractivity contribution in [3.05, 3.63) is 77.6 Å². The van der Waals surface area contributed by atoms with Gasteiger partial charge in [-0.3, -0.25) is 9.59 Å². The number of benzene rings is 2. The summed E-state index contributed by atoms with van der Waals surface area (Å²) >= 11 is 0. The summed E-state index contributed by atoms with van der Waals surface area (Å²) in [6, 6.07) is 16.3. The van der Waals surface area contributed by atoms with E-state index in [4.69, 9.17) is 4.42 Å². The molecule has 4 heteroatoms. The Morgan fingerprint density at radius 2 is 1.45 bits per heavy atom. The van der Waals surface area contributed by atoms with Gasteiger partial charge in [0.25, 0.3) is 0 Å². The molecular formula is C18H12O4. The standard InChI is InChI=1S/C18H12O4/c19-11-16-9-10-17(22-16)12-1-3-13(4-2-12)18(21)14-5-7-15(20)8-6-14/h1-11,20H. The van der Waals surface area contributed by atoms with E-state index in [-0.39, 0.29) is 17.3 Å². The molecule has 0 atom stereocenters. The first-order valence-corrected chi connectivity index (χ1v) is 6.66. The quantitative estimate of drug-likeness (QED) is 0.588. The Balaban J connectivity index is 1.86. The number of hydrogen-bond donors (Lipinski definition) is 1. The van der Waals surface area contributed by atoms with Crippen molar-refractivity contribution in [3.8, 4) is 17.1 Å². The highest BCUT2D eigenvalue weighted by Gasteiger charge is 2.10. The van der Waals surface area contributed by atoms with Crippen LogP contribution in [0.1, 0.15) is 26.5 Å². The highest BCUT2D eigenvalue weighted by Crippen LogP contribution is 2.23. The van der Waals surface area contributed by atoms with Gasteiger partial charge >= 0.3 is 0 Å². The fraction of sp³-hybridized carbons (Fsp3) is 0. The first-order valence-electron chi connectivity index (χ1n) is 6.66. The number of carbonyl (C=O) groups excluding carboxylic acids is 2. The molecule has 0 spiro atoms. The van der Waals surface area contributed by atoms with Gasteiger partial charge in [0.05, 0.1) is 0 Å². The van der Waals surface area contributed by atoms with Gasteiger partial charge in [-0.25, -0.2) is 0 Å². The monoisotopic (exact) mass is 292 g/mol. The smallest absolute Gasteiger partial charge is 0.193 e. The van der Waals surface area contributed by atoms with Crippen molar-refractivity contribution in [3.63, 3.8) is 0 Å². The molecule has 0 aliphatic carbocycles. The number of ketones is 1. The molecule has 4 nitrogen and oxygen atoms in total. The van der Waals surface area contributed by atoms with Gasteiger partial charge in [-0.05, 0) is 36.4 Å². The first-order chi connectivity index (χ1) is 10.7. The van der Waals surface area contributed by atoms with E-state index in [1.807, 2.05) is 0 Å². The van der Waals surface area contributed by atoms with Crippen LogP contribution in [0.25, 0.3) is 11.3 Å². The largest absolute Gasteiger partial charge is 0.508 e. The number of phenols is 1. The lowest BCUT2D eigenvalue weighted by Crippen LogP contribution is -2.00. The Bertz CT molecular complexity index is 811. The van der Waals surface area contributed by atoms with Crippen LogP contribution in [-0.2, 0) is 0 Å². The van der Waals surface area contributed by atoms with Crippen LogP contribution < -0.4 is 0 Å². The third-order valence-corrected chi connectivity index (χ3v) is 3.30. The molecule has 1 aromatic heterocycles. The lowest BCUT2D eigenvalue weighted by Gasteiger charge is -2.03. The van der Waals surface area contributed by atoms with Crippen molar-refractivity contribution >= 4 is 12.1 Å². The van der Waals surface area contributed by atoms with E-state index in [0.717, 1.165) is 5.56 Å². The minimum Gasteiger partial charge on any atom is -0.508 e. The second-order valence-electron chi connectivity index (χ2n) is 4.77. The summed E-state index contributed by atoms with van der Waals surface area (Å²) in [7, 11) is 0. The van der Waals surface area contributed by atoms with Gasteiger partial charge < -0.3 is 9.52 Å². The molecule has 0 saturated carbocycles. The van der Waals surface area contributed by atoms with E-state index in [1.165, 1.54) is 12.1 Å². The SMILES string of the molecule is O=Cc1ccc(-c2ccc(C(=O)c3ccc(O)cc3)cc2)o1. The van der Waals surface area contributed by atoms with Gasteiger partial charge in [0, 0.05) is 16.7 Å². The molecule has 108 valence electrons. The van der Waals surface area contributed by atoms with E-state index in [2.05, 4.69) is 0 Å². The molecule has 0 bridgehead atoms. The van der Waals surface area contributed by atoms with Crippen molar-refractivity contribution in [2.75, 3.05) is 0 Å². The fourth-order valence-electron chi connectivity index (χ4n) is 2.14. The Kier molecular flexibility index (Phi) is 3.58. The normalized spacial score (nSPS) is 10.4. The average molecular weight is 292 g/mol. The summed E-state index contributed by atoms with van der Waals surface area (Å²) in [6.45, 7) is 0. The van der Waals surface area contributed by atoms with Crippen LogP contribution in [0.2, 0.25) is 0 Å². The highest BCUT2D eigenvalue weighted by molar-refractivity contribution is 6.09. The zero-order valence-electron chi connectivity index (χ0n) is 11.5. The van der Waals surface area contributed by atoms with E-state index < -0.39 is 0 Å². The van der Waals surface area contributed by atoms with Gasteiger partial charge in [-0.2, -0.15) is 0 Å². The Hall–Kier alpha value is -3.14. The maximum absolute atomic E-state index is 12.3. The van der Waals surface area contributed by atoms with Gasteiger partial charge in [-0.15, -0.1) is 0 Å². The minimum absolute atomic E-state index is 0.121. The number of carbonyl (C=O) groups is 2. The molecule has 2 aromatic carbocycles. The van der Waals surface area contributed by atoms with Crippen molar-refractivity contribution in [2.24, 2.45) is 0 Å². The van der Waals surface area contributed by atoms with Crippen LogP contribution in [0.15, 0.2) is 65.1 Å². The highest BCUT2D eigenvalue weighted by atomic mass is 16.3. The predicted octanol–water partition coefficient (Wildman–Crippen LogP) is 3.70. The van der Waals surface area contributed by atoms with E-state index in [1.54, 1.807) is 48.5 Å². The summed E-state index contributed by atoms with van der Waals surface area (Å²) < 4.78 is 5.34. The van der Waals surface area contributed by atoms with Crippen LogP contribution in [0, 0.1) is 0 Å². The molecule has 0 aliphatic rings. The number of phenolic OH excluding ortho intramolecular Hbond substituents is 1. The van der Waals surface area contributed by atoms with Crippen LogP contribution in [0.4, 0.5) is 0 Å². The molecule has 22 heavy (non-hydrogen) atoms. The van der Waals surface area contributed by atoms with Crippen molar-refractivity contribution in [1.82, 2.24) is 0 Å². The summed E-state index contributed by atoms with van der Waals surface area (Å²) in [4.78, 5) is 22.9. The number of furan rings is 1. The van der Waals surface area contributed by atoms with E-state index in [9.17, 15) is 14.7 Å². The Morgan fingerprint density at radius 1 is 0.864 bits per heavy atom. The molecule has 0 radical (unpaired) electrons. The molecule has 0 amide bonds. The van der Waals surface area contributed by atoms with Crippen LogP contribution in [-0.4, -0.2) is 17.2 Å². The molecule has 1 heterocycles. The number of rotatable bonds is 4. The fourth-order valence-corrected chi connectivity index (χ4v) is 2.14. The maximum Gasteiger partial charge on any atom is 0.193 e. The third-order valence-electron chi connectivity index (χ3n) is 3.30. The molecule has 0 saturated heterocycles.